The first-order valence-corrected chi connectivity index (χ1v) is 13.8. The van der Waals surface area contributed by atoms with E-state index in [2.05, 4.69) is 50.3 Å². The topological polar surface area (TPSA) is 109 Å². The monoisotopic (exact) mass is 520 g/mol. The summed E-state index contributed by atoms with van der Waals surface area (Å²) in [6.07, 6.45) is 6.03. The number of likely N-dealkylation sites (tertiary alicyclic amines) is 1. The molecule has 1 aliphatic carbocycles. The van der Waals surface area contributed by atoms with Crippen molar-refractivity contribution >= 4 is 5.97 Å². The first kappa shape index (κ1) is 26.6. The van der Waals surface area contributed by atoms with Crippen molar-refractivity contribution < 1.29 is 14.4 Å². The molecule has 9 heteroatoms. The maximum atomic E-state index is 10.9. The van der Waals surface area contributed by atoms with Crippen molar-refractivity contribution in [3.05, 3.63) is 40.1 Å². The van der Waals surface area contributed by atoms with Gasteiger partial charge in [0.1, 0.15) is 0 Å². The predicted molar refractivity (Wildman–Crippen MR) is 146 cm³/mol. The second-order valence-corrected chi connectivity index (χ2v) is 11.9. The lowest BCUT2D eigenvalue weighted by molar-refractivity contribution is -0.138. The number of nitrogens with one attached hydrogen (secondary N) is 1. The second kappa shape index (κ2) is 10.6. The average molecular weight is 521 g/mol. The van der Waals surface area contributed by atoms with Gasteiger partial charge in [-0.2, -0.15) is 10.1 Å². The molecule has 0 atom stereocenters. The first-order valence-electron chi connectivity index (χ1n) is 13.8. The van der Waals surface area contributed by atoms with Crippen molar-refractivity contribution in [2.75, 3.05) is 26.2 Å². The Kier molecular flexibility index (Phi) is 7.42. The van der Waals surface area contributed by atoms with Crippen LogP contribution in [0.4, 0.5) is 0 Å². The van der Waals surface area contributed by atoms with Gasteiger partial charge in [0.25, 0.3) is 5.89 Å². The van der Waals surface area contributed by atoms with Crippen LogP contribution in [0.25, 0.3) is 23.0 Å². The lowest BCUT2D eigenvalue weighted by Crippen LogP contribution is -2.44. The Morgan fingerprint density at radius 1 is 1.21 bits per heavy atom. The van der Waals surface area contributed by atoms with Crippen molar-refractivity contribution in [1.29, 1.82) is 0 Å². The van der Waals surface area contributed by atoms with Gasteiger partial charge in [-0.3, -0.25) is 14.4 Å². The Balaban J connectivity index is 1.23. The van der Waals surface area contributed by atoms with Gasteiger partial charge in [0.15, 0.2) is 5.69 Å². The predicted octanol–water partition coefficient (Wildman–Crippen LogP) is 3.95. The summed E-state index contributed by atoms with van der Waals surface area (Å²) in [6.45, 7) is 11.6. The molecule has 1 aliphatic heterocycles. The highest BCUT2D eigenvalue weighted by atomic mass is 16.5. The van der Waals surface area contributed by atoms with Gasteiger partial charge in [-0.05, 0) is 93.2 Å². The summed E-state index contributed by atoms with van der Waals surface area (Å²) in [5, 5.41) is 21.7. The van der Waals surface area contributed by atoms with Crippen LogP contribution in [0.5, 0.6) is 0 Å². The quantitative estimate of drug-likeness (QED) is 0.460. The Labute approximate surface area is 224 Å². The van der Waals surface area contributed by atoms with Gasteiger partial charge < -0.3 is 14.9 Å². The van der Waals surface area contributed by atoms with E-state index in [-0.39, 0.29) is 12.0 Å². The van der Waals surface area contributed by atoms with Crippen molar-refractivity contribution in [3.8, 4) is 23.0 Å². The molecule has 2 N–H and O–H groups in total. The minimum Gasteiger partial charge on any atom is -0.480 e. The molecule has 0 amide bonds. The smallest absolute Gasteiger partial charge is 0.317 e. The summed E-state index contributed by atoms with van der Waals surface area (Å²) in [6, 6.07) is 4.75. The van der Waals surface area contributed by atoms with Gasteiger partial charge in [-0.1, -0.05) is 19.0 Å². The van der Waals surface area contributed by atoms with Crippen molar-refractivity contribution in [2.24, 2.45) is 12.5 Å². The summed E-state index contributed by atoms with van der Waals surface area (Å²) in [5.41, 5.74) is 8.36. The standard InChI is InChI=1S/C29H40N6O3/c1-18-14-20(15-19(2)22(18)7-11-30-21-8-12-35(13-9-21)17-25(36)37)27-31-28(38-33-27)26-23-6-10-29(3,4)16-24(23)34(5)32-26/h14-15,21,30H,6-13,16-17H2,1-5H3,(H,36,37). The fourth-order valence-electron chi connectivity index (χ4n) is 6.10. The van der Waals surface area contributed by atoms with Crippen molar-refractivity contribution in [3.63, 3.8) is 0 Å². The Bertz CT molecular complexity index is 1290. The Morgan fingerprint density at radius 2 is 1.92 bits per heavy atom. The molecule has 0 bridgehead atoms. The number of aromatic nitrogens is 4. The van der Waals surface area contributed by atoms with Gasteiger partial charge >= 0.3 is 5.97 Å². The number of piperidine rings is 1. The third kappa shape index (κ3) is 5.68. The summed E-state index contributed by atoms with van der Waals surface area (Å²) >= 11 is 0. The molecule has 2 aliphatic rings. The fourth-order valence-corrected chi connectivity index (χ4v) is 6.10. The summed E-state index contributed by atoms with van der Waals surface area (Å²) in [4.78, 5) is 17.7. The van der Waals surface area contributed by atoms with E-state index >= 15 is 0 Å². The highest BCUT2D eigenvalue weighted by Gasteiger charge is 2.32. The van der Waals surface area contributed by atoms with Crippen LogP contribution >= 0.6 is 0 Å². The third-order valence-corrected chi connectivity index (χ3v) is 8.31. The lowest BCUT2D eigenvalue weighted by atomic mass is 9.76. The minimum absolute atomic E-state index is 0.141. The van der Waals surface area contributed by atoms with E-state index in [0.717, 1.165) is 69.4 Å². The molecule has 3 aromatic rings. The van der Waals surface area contributed by atoms with Crippen LogP contribution in [0.3, 0.4) is 0 Å². The largest absolute Gasteiger partial charge is 0.480 e. The van der Waals surface area contributed by atoms with Gasteiger partial charge in [0.05, 0.1) is 6.54 Å². The number of rotatable bonds is 8. The van der Waals surface area contributed by atoms with Gasteiger partial charge in [0.2, 0.25) is 5.82 Å². The van der Waals surface area contributed by atoms with Crippen LogP contribution in [0.2, 0.25) is 0 Å². The van der Waals surface area contributed by atoms with Crippen molar-refractivity contribution in [1.82, 2.24) is 30.1 Å². The number of carbonyl (C=O) groups is 1. The van der Waals surface area contributed by atoms with Crippen LogP contribution in [-0.2, 0) is 31.1 Å². The molecular weight excluding hydrogens is 480 g/mol. The Morgan fingerprint density at radius 3 is 2.61 bits per heavy atom. The number of hydrogen-bond acceptors (Lipinski definition) is 7. The molecule has 0 unspecified atom stereocenters. The normalized spacial score (nSPS) is 18.0. The van der Waals surface area contributed by atoms with Crippen molar-refractivity contribution in [2.45, 2.75) is 72.3 Å². The molecule has 1 fully saturated rings. The highest BCUT2D eigenvalue weighted by molar-refractivity contribution is 5.69. The van der Waals surface area contributed by atoms with Crippen LogP contribution in [-0.4, -0.2) is 68.1 Å². The number of benzene rings is 1. The molecular formula is C29H40N6O3. The SMILES string of the molecule is Cc1cc(-c2noc(-c3nn(C)c4c3CCC(C)(C)C4)n2)cc(C)c1CCNC1CCN(CC(=O)O)CC1. The molecule has 0 radical (unpaired) electrons. The molecule has 3 heterocycles. The van der Waals surface area contributed by atoms with E-state index < -0.39 is 5.97 Å². The molecule has 1 aromatic carbocycles. The highest BCUT2D eigenvalue weighted by Crippen LogP contribution is 2.38. The maximum absolute atomic E-state index is 10.9. The zero-order chi connectivity index (χ0) is 27.0. The number of fused-ring (bicyclic) bond motifs is 1. The average Bonchev–Trinajstić information content (AvgIpc) is 3.46. The number of aliphatic carboxylic acids is 1. The Hall–Kier alpha value is -3.04. The molecule has 2 aromatic heterocycles. The van der Waals surface area contributed by atoms with E-state index in [1.165, 1.54) is 27.9 Å². The molecule has 0 spiro atoms. The molecule has 1 saturated heterocycles. The van der Waals surface area contributed by atoms with E-state index in [4.69, 9.17) is 19.7 Å². The van der Waals surface area contributed by atoms with Gasteiger partial charge in [-0.25, -0.2) is 0 Å². The van der Waals surface area contributed by atoms with Crippen LogP contribution in [0.15, 0.2) is 16.7 Å². The zero-order valence-electron chi connectivity index (χ0n) is 23.3. The number of hydrogen-bond donors (Lipinski definition) is 2. The number of nitrogens with zero attached hydrogens (tertiary/aromatic N) is 5. The third-order valence-electron chi connectivity index (χ3n) is 8.31. The molecule has 5 rings (SSSR count). The van der Waals surface area contributed by atoms with Crippen LogP contribution < -0.4 is 5.32 Å². The number of carboxylic acids is 1. The van der Waals surface area contributed by atoms with E-state index in [1.54, 1.807) is 0 Å². The number of aryl methyl sites for hydroxylation is 3. The van der Waals surface area contributed by atoms with Crippen LogP contribution in [0.1, 0.15) is 61.1 Å². The molecule has 9 nitrogen and oxygen atoms in total. The maximum Gasteiger partial charge on any atom is 0.317 e. The van der Waals surface area contributed by atoms with E-state index in [9.17, 15) is 4.79 Å². The zero-order valence-corrected chi connectivity index (χ0v) is 23.3. The molecule has 204 valence electrons. The van der Waals surface area contributed by atoms with Gasteiger partial charge in [-0.15, -0.1) is 0 Å². The summed E-state index contributed by atoms with van der Waals surface area (Å²) in [5.74, 6) is 0.344. The molecule has 0 saturated carbocycles. The second-order valence-electron chi connectivity index (χ2n) is 11.9. The van der Waals surface area contributed by atoms with Crippen LogP contribution in [0, 0.1) is 19.3 Å². The van der Waals surface area contributed by atoms with Gasteiger partial charge in [0, 0.05) is 43.0 Å². The van der Waals surface area contributed by atoms with E-state index in [0.29, 0.717) is 17.8 Å². The summed E-state index contributed by atoms with van der Waals surface area (Å²) < 4.78 is 7.70. The minimum atomic E-state index is -0.748. The van der Waals surface area contributed by atoms with E-state index in [1.807, 2.05) is 16.6 Å². The lowest BCUT2D eigenvalue weighted by Gasteiger charge is -2.31. The first-order chi connectivity index (χ1) is 18.1. The number of carboxylic acid groups (broad SMARTS) is 1. The molecule has 38 heavy (non-hydrogen) atoms. The fraction of sp³-hybridized carbons (Fsp3) is 0.586. The summed E-state index contributed by atoms with van der Waals surface area (Å²) in [7, 11) is 2.00.